The number of benzene rings is 17. The molecule has 0 spiro atoms. The van der Waals surface area contributed by atoms with Crippen molar-refractivity contribution in [3.8, 4) is 89.5 Å². The average molecular weight is 1380 g/mol. The van der Waals surface area contributed by atoms with Gasteiger partial charge in [-0.25, -0.2) is 0 Å². The van der Waals surface area contributed by atoms with Gasteiger partial charge >= 0.3 is 0 Å². The number of hydrogen-bond acceptors (Lipinski definition) is 2. The van der Waals surface area contributed by atoms with Gasteiger partial charge in [0.2, 0.25) is 0 Å². The zero-order valence-corrected chi connectivity index (χ0v) is 58.4. The third-order valence-electron chi connectivity index (χ3n) is 22.8. The second-order valence-electron chi connectivity index (χ2n) is 28.6. The van der Waals surface area contributed by atoms with Crippen molar-refractivity contribution >= 4 is 131 Å². The molecule has 6 nitrogen and oxygen atoms in total. The van der Waals surface area contributed by atoms with Crippen molar-refractivity contribution in [2.75, 3.05) is 0 Å². The molecular formula is C102H62N4O2. The molecule has 0 aliphatic carbocycles. The van der Waals surface area contributed by atoms with E-state index in [0.717, 1.165) is 155 Å². The first-order valence-corrected chi connectivity index (χ1v) is 37.0. The summed E-state index contributed by atoms with van der Waals surface area (Å²) in [5.41, 5.74) is 30.9. The maximum Gasteiger partial charge on any atom is 0.136 e. The first-order valence-electron chi connectivity index (χ1n) is 37.0. The van der Waals surface area contributed by atoms with Crippen LogP contribution < -0.4 is 0 Å². The molecule has 6 heterocycles. The molecule has 0 bridgehead atoms. The van der Waals surface area contributed by atoms with Gasteiger partial charge in [-0.3, -0.25) is 0 Å². The smallest absolute Gasteiger partial charge is 0.136 e. The van der Waals surface area contributed by atoms with Crippen LogP contribution in [-0.4, -0.2) is 18.3 Å². The van der Waals surface area contributed by atoms with Crippen LogP contribution in [0, 0.1) is 0 Å². The van der Waals surface area contributed by atoms with Crippen LogP contribution in [0.4, 0.5) is 0 Å². The van der Waals surface area contributed by atoms with Gasteiger partial charge in [0, 0.05) is 87.3 Å². The quantitative estimate of drug-likeness (QED) is 0.137. The van der Waals surface area contributed by atoms with Crippen LogP contribution in [-0.2, 0) is 0 Å². The molecular weight excluding hydrogens is 1310 g/mol. The van der Waals surface area contributed by atoms with Gasteiger partial charge in [0.15, 0.2) is 0 Å². The highest BCUT2D eigenvalue weighted by Crippen LogP contribution is 2.47. The molecule has 108 heavy (non-hydrogen) atoms. The van der Waals surface area contributed by atoms with Gasteiger partial charge in [-0.05, 0) is 189 Å². The third-order valence-corrected chi connectivity index (χ3v) is 22.8. The number of para-hydroxylation sites is 7. The predicted molar refractivity (Wildman–Crippen MR) is 451 cm³/mol. The maximum atomic E-state index is 6.41. The van der Waals surface area contributed by atoms with Crippen LogP contribution in [0.3, 0.4) is 0 Å². The third kappa shape index (κ3) is 9.08. The molecule has 23 rings (SSSR count). The summed E-state index contributed by atoms with van der Waals surface area (Å²) in [6.45, 7) is 0. The lowest BCUT2D eigenvalue weighted by Gasteiger charge is -2.15. The molecule has 502 valence electrons. The Labute approximate surface area is 619 Å². The summed E-state index contributed by atoms with van der Waals surface area (Å²) in [4.78, 5) is 0. The molecule has 0 saturated carbocycles. The number of fused-ring (bicyclic) bond motifs is 18. The molecule has 0 fully saturated rings. The van der Waals surface area contributed by atoms with Crippen molar-refractivity contribution in [3.63, 3.8) is 0 Å². The highest BCUT2D eigenvalue weighted by molar-refractivity contribution is 6.20. The van der Waals surface area contributed by atoms with E-state index in [1.807, 2.05) is 18.2 Å². The summed E-state index contributed by atoms with van der Waals surface area (Å²) in [6.07, 6.45) is 0. The van der Waals surface area contributed by atoms with Crippen molar-refractivity contribution in [1.29, 1.82) is 0 Å². The van der Waals surface area contributed by atoms with Crippen molar-refractivity contribution < 1.29 is 8.83 Å². The topological polar surface area (TPSA) is 46.0 Å². The van der Waals surface area contributed by atoms with Gasteiger partial charge in [0.05, 0.1) is 49.8 Å². The van der Waals surface area contributed by atoms with Crippen LogP contribution in [0.15, 0.2) is 385 Å². The molecule has 6 heteroatoms. The Morgan fingerprint density at radius 2 is 0.519 bits per heavy atom. The summed E-state index contributed by atoms with van der Waals surface area (Å²) in [5.74, 6) is 0. The van der Waals surface area contributed by atoms with E-state index in [1.165, 1.54) is 65.3 Å². The molecule has 0 aliphatic rings. The summed E-state index contributed by atoms with van der Waals surface area (Å²) in [7, 11) is 0. The Kier molecular flexibility index (Phi) is 13.1. The molecule has 17 aromatic carbocycles. The molecule has 0 unspecified atom stereocenters. The summed E-state index contributed by atoms with van der Waals surface area (Å²) >= 11 is 0. The minimum Gasteiger partial charge on any atom is -0.456 e. The van der Waals surface area contributed by atoms with E-state index >= 15 is 0 Å². The van der Waals surface area contributed by atoms with Crippen molar-refractivity contribution in [1.82, 2.24) is 18.3 Å². The number of nitrogens with zero attached hydrogens (tertiary/aromatic N) is 4. The van der Waals surface area contributed by atoms with E-state index in [1.54, 1.807) is 0 Å². The normalized spacial score (nSPS) is 12.1. The zero-order chi connectivity index (χ0) is 70.7. The minimum atomic E-state index is 0.886. The van der Waals surface area contributed by atoms with E-state index in [-0.39, 0.29) is 0 Å². The molecule has 0 atom stereocenters. The Balaban J connectivity index is 0.674. The van der Waals surface area contributed by atoms with Crippen LogP contribution >= 0.6 is 0 Å². The van der Waals surface area contributed by atoms with Crippen LogP contribution in [0.5, 0.6) is 0 Å². The molecule has 6 aromatic heterocycles. The molecule has 23 aromatic rings. The SMILES string of the molecule is c1ccc(-n2c3ccccc3c3c(-c4ccc5c6ccc(-c7cccc(-n8c9ccccc9c9c(-c%10ccc%11c%12ccccc%12n(-c%12ccccc%12-c%12ccc%13oc%14ccccc%14c%13c%12)c%11c%10)cccc98)c7)cc6n(-c6cccc(-c7cccc(-c8cccc9oc%10ccccc%10c89)c7)c6)c5c4)cccc32)cc1. The second-order valence-corrected chi connectivity index (χ2v) is 28.6. The van der Waals surface area contributed by atoms with Crippen LogP contribution in [0.25, 0.3) is 221 Å². The van der Waals surface area contributed by atoms with Crippen LogP contribution in [0.2, 0.25) is 0 Å². The van der Waals surface area contributed by atoms with Crippen LogP contribution in [0.1, 0.15) is 0 Å². The summed E-state index contributed by atoms with van der Waals surface area (Å²) in [5, 5.41) is 14.1. The minimum absolute atomic E-state index is 0.886. The molecule has 0 saturated heterocycles. The number of rotatable bonds is 10. The number of furan rings is 2. The van der Waals surface area contributed by atoms with Crippen molar-refractivity contribution in [3.05, 3.63) is 376 Å². The fourth-order valence-electron chi connectivity index (χ4n) is 18.0. The van der Waals surface area contributed by atoms with E-state index in [2.05, 4.69) is 376 Å². The first-order chi connectivity index (χ1) is 53.6. The molecule has 0 aliphatic heterocycles. The zero-order valence-electron chi connectivity index (χ0n) is 58.4. The number of aromatic nitrogens is 4. The highest BCUT2D eigenvalue weighted by atomic mass is 16.3. The maximum absolute atomic E-state index is 6.41. The monoisotopic (exact) mass is 1370 g/mol. The van der Waals surface area contributed by atoms with E-state index in [4.69, 9.17) is 8.83 Å². The van der Waals surface area contributed by atoms with Gasteiger partial charge in [-0.1, -0.05) is 249 Å². The lowest BCUT2D eigenvalue weighted by Crippen LogP contribution is -1.97. The Morgan fingerprint density at radius 3 is 1.18 bits per heavy atom. The summed E-state index contributed by atoms with van der Waals surface area (Å²) < 4.78 is 22.6. The molecule has 0 N–H and O–H groups in total. The number of hydrogen-bond donors (Lipinski definition) is 0. The van der Waals surface area contributed by atoms with Gasteiger partial charge in [0.25, 0.3) is 0 Å². The fraction of sp³-hybridized carbons (Fsp3) is 0. The Hall–Kier alpha value is -14.5. The van der Waals surface area contributed by atoms with E-state index in [9.17, 15) is 0 Å². The predicted octanol–water partition coefficient (Wildman–Crippen LogP) is 27.9. The van der Waals surface area contributed by atoms with Crippen molar-refractivity contribution in [2.24, 2.45) is 0 Å². The van der Waals surface area contributed by atoms with E-state index in [0.29, 0.717) is 0 Å². The largest absolute Gasteiger partial charge is 0.456 e. The van der Waals surface area contributed by atoms with Gasteiger partial charge in [-0.15, -0.1) is 0 Å². The Bertz CT molecular complexity index is 7700. The first kappa shape index (κ1) is 60.0. The van der Waals surface area contributed by atoms with E-state index < -0.39 is 0 Å². The standard InChI is InChI=1S/C102H62N4O2/c1-2-26-71(27-3-1)103-89-41-12-6-33-83(89)100-75(36-19-43-91(100)103)69-50-54-81-80-52-48-66(60-93(80)105(94(81)61-69)73-29-17-23-64(57-73)63-22-16-25-67(56-63)77-38-21-47-99-102(77)85-35-9-15-46-97(85)108-99)65-24-18-28-72(58-65)104-90-42-13-7-34-84(90)101-76(37-20-44-92(101)104)70-49-53-79-78-31-5-11-40-88(78)106(95(79)62-70)87-39-10-4-30-74(87)68-51-55-98-86(59-68)82-32-8-14-45-96(82)107-98/h1-62H. The van der Waals surface area contributed by atoms with Gasteiger partial charge in [-0.2, -0.15) is 0 Å². The summed E-state index contributed by atoms with van der Waals surface area (Å²) in [6, 6.07) is 138. The average Bonchev–Trinajstić information content (AvgIpc) is 1.58. The molecule has 0 radical (unpaired) electrons. The van der Waals surface area contributed by atoms with Gasteiger partial charge in [0.1, 0.15) is 22.3 Å². The Morgan fingerprint density at radius 1 is 0.157 bits per heavy atom. The lowest BCUT2D eigenvalue weighted by molar-refractivity contribution is 0.668. The second kappa shape index (κ2) is 23.5. The highest BCUT2D eigenvalue weighted by Gasteiger charge is 2.24. The lowest BCUT2D eigenvalue weighted by atomic mass is 9.96. The van der Waals surface area contributed by atoms with Crippen molar-refractivity contribution in [2.45, 2.75) is 0 Å². The van der Waals surface area contributed by atoms with Gasteiger partial charge < -0.3 is 27.1 Å². The fourth-order valence-corrected chi connectivity index (χ4v) is 18.0. The molecule has 0 amide bonds.